The van der Waals surface area contributed by atoms with Crippen molar-refractivity contribution >= 4 is 23.4 Å². The molecule has 0 fully saturated rings. The Labute approximate surface area is 130 Å². The topological polar surface area (TPSA) is 65.7 Å². The van der Waals surface area contributed by atoms with Crippen molar-refractivity contribution in [3.8, 4) is 11.7 Å². The summed E-state index contributed by atoms with van der Waals surface area (Å²) in [6, 6.07) is 7.61. The molecule has 0 aliphatic heterocycles. The lowest BCUT2D eigenvalue weighted by molar-refractivity contribution is 0.414. The highest BCUT2D eigenvalue weighted by Gasteiger charge is 2.08. The third kappa shape index (κ3) is 3.32. The molecule has 6 nitrogen and oxygen atoms in total. The van der Waals surface area contributed by atoms with Gasteiger partial charge < -0.3 is 4.74 Å². The third-order valence-electron chi connectivity index (χ3n) is 2.58. The van der Waals surface area contributed by atoms with Gasteiger partial charge in [0, 0.05) is 17.3 Å². The van der Waals surface area contributed by atoms with Gasteiger partial charge in [0.05, 0.1) is 7.11 Å². The molecule has 2 aromatic heterocycles. The molecule has 0 aliphatic carbocycles. The Morgan fingerprint density at radius 1 is 1.14 bits per heavy atom. The van der Waals surface area contributed by atoms with Crippen LogP contribution in [0.4, 0.5) is 0 Å². The lowest BCUT2D eigenvalue weighted by Gasteiger charge is -2.05. The van der Waals surface area contributed by atoms with Gasteiger partial charge in [-0.15, -0.1) is 0 Å². The van der Waals surface area contributed by atoms with Crippen LogP contribution >= 0.6 is 23.4 Å². The summed E-state index contributed by atoms with van der Waals surface area (Å²) in [5, 5.41) is 0.661. The van der Waals surface area contributed by atoms with Gasteiger partial charge in [-0.3, -0.25) is 4.57 Å². The van der Waals surface area contributed by atoms with Gasteiger partial charge in [-0.05, 0) is 47.6 Å². The molecular formula is C13H10ClN5OS. The van der Waals surface area contributed by atoms with Crippen molar-refractivity contribution in [3.05, 3.63) is 48.3 Å². The first kappa shape index (κ1) is 13.8. The minimum atomic E-state index is 0.143. The fourth-order valence-electron chi connectivity index (χ4n) is 1.61. The molecule has 0 saturated carbocycles. The van der Waals surface area contributed by atoms with Gasteiger partial charge in [-0.25, -0.2) is 4.98 Å². The number of rotatable bonds is 4. The van der Waals surface area contributed by atoms with Crippen molar-refractivity contribution in [1.29, 1.82) is 0 Å². The van der Waals surface area contributed by atoms with Gasteiger partial charge in [0.15, 0.2) is 5.16 Å². The second-order valence-electron chi connectivity index (χ2n) is 3.93. The second-order valence-corrected chi connectivity index (χ2v) is 5.31. The first-order valence-corrected chi connectivity index (χ1v) is 7.16. The number of benzene rings is 1. The zero-order chi connectivity index (χ0) is 14.7. The summed E-state index contributed by atoms with van der Waals surface area (Å²) >= 11 is 7.35. The SMILES string of the molecule is COc1ccc(Sc2nc(Cl)nc(-n3ccnc3)n2)cc1. The van der Waals surface area contributed by atoms with Crippen LogP contribution in [0, 0.1) is 0 Å². The quantitative estimate of drug-likeness (QED) is 0.736. The molecule has 0 bridgehead atoms. The molecule has 0 saturated heterocycles. The van der Waals surface area contributed by atoms with E-state index in [1.165, 1.54) is 11.8 Å². The first-order valence-electron chi connectivity index (χ1n) is 5.96. The second kappa shape index (κ2) is 6.11. The Morgan fingerprint density at radius 3 is 2.62 bits per heavy atom. The summed E-state index contributed by atoms with van der Waals surface area (Å²) < 4.78 is 6.80. The molecule has 0 amide bonds. The Balaban J connectivity index is 1.88. The standard InChI is InChI=1S/C13H10ClN5OS/c1-20-9-2-4-10(5-3-9)21-13-17-11(14)16-12(18-13)19-7-6-15-8-19/h2-8H,1H3. The van der Waals surface area contributed by atoms with E-state index in [4.69, 9.17) is 16.3 Å². The first-order chi connectivity index (χ1) is 10.2. The van der Waals surface area contributed by atoms with Crippen LogP contribution in [0.3, 0.4) is 0 Å². The Morgan fingerprint density at radius 2 is 1.95 bits per heavy atom. The van der Waals surface area contributed by atoms with Crippen LogP contribution < -0.4 is 4.74 Å². The van der Waals surface area contributed by atoms with E-state index in [0.717, 1.165) is 10.6 Å². The average molecular weight is 320 g/mol. The molecule has 0 radical (unpaired) electrons. The van der Waals surface area contributed by atoms with Crippen LogP contribution in [0.2, 0.25) is 5.28 Å². The highest BCUT2D eigenvalue weighted by Crippen LogP contribution is 2.27. The predicted octanol–water partition coefficient (Wildman–Crippen LogP) is 2.87. The number of hydrogen-bond donors (Lipinski definition) is 0. The molecule has 0 unspecified atom stereocenters. The Kier molecular flexibility index (Phi) is 4.03. The lowest BCUT2D eigenvalue weighted by Crippen LogP contribution is -2.02. The summed E-state index contributed by atoms with van der Waals surface area (Å²) in [7, 11) is 1.63. The predicted molar refractivity (Wildman–Crippen MR) is 79.1 cm³/mol. The summed E-state index contributed by atoms with van der Waals surface area (Å²) in [6.45, 7) is 0. The van der Waals surface area contributed by atoms with Gasteiger partial charge in [0.2, 0.25) is 11.2 Å². The van der Waals surface area contributed by atoms with Crippen LogP contribution in [0.25, 0.3) is 5.95 Å². The zero-order valence-corrected chi connectivity index (χ0v) is 12.5. The summed E-state index contributed by atoms with van der Waals surface area (Å²) in [5.41, 5.74) is 0. The largest absolute Gasteiger partial charge is 0.497 e. The maximum absolute atomic E-state index is 5.95. The summed E-state index contributed by atoms with van der Waals surface area (Å²) in [4.78, 5) is 17.5. The molecule has 0 atom stereocenters. The van der Waals surface area contributed by atoms with Crippen LogP contribution in [0.15, 0.2) is 53.0 Å². The Bertz CT molecular complexity index is 733. The smallest absolute Gasteiger partial charge is 0.240 e. The maximum atomic E-state index is 5.95. The fourth-order valence-corrected chi connectivity index (χ4v) is 2.56. The summed E-state index contributed by atoms with van der Waals surface area (Å²) in [5.74, 6) is 1.23. The molecule has 106 valence electrons. The van der Waals surface area contributed by atoms with Crippen LogP contribution in [-0.4, -0.2) is 31.6 Å². The van der Waals surface area contributed by atoms with Gasteiger partial charge in [-0.2, -0.15) is 15.0 Å². The minimum absolute atomic E-state index is 0.143. The van der Waals surface area contributed by atoms with Crippen molar-refractivity contribution in [2.45, 2.75) is 10.1 Å². The molecular weight excluding hydrogens is 310 g/mol. The van der Waals surface area contributed by atoms with E-state index in [0.29, 0.717) is 11.1 Å². The van der Waals surface area contributed by atoms with Crippen LogP contribution in [-0.2, 0) is 0 Å². The van der Waals surface area contributed by atoms with Crippen molar-refractivity contribution in [2.75, 3.05) is 7.11 Å². The van der Waals surface area contributed by atoms with E-state index >= 15 is 0 Å². The van der Waals surface area contributed by atoms with Crippen LogP contribution in [0.5, 0.6) is 5.75 Å². The van der Waals surface area contributed by atoms with Gasteiger partial charge in [0.1, 0.15) is 12.1 Å². The molecule has 0 N–H and O–H groups in total. The molecule has 8 heteroatoms. The number of hydrogen-bond acceptors (Lipinski definition) is 6. The number of methoxy groups -OCH3 is 1. The number of ether oxygens (including phenoxy) is 1. The molecule has 21 heavy (non-hydrogen) atoms. The number of halogens is 1. The monoisotopic (exact) mass is 319 g/mol. The molecule has 3 rings (SSSR count). The number of imidazole rings is 1. The minimum Gasteiger partial charge on any atom is -0.497 e. The number of nitrogens with zero attached hydrogens (tertiary/aromatic N) is 5. The van der Waals surface area contributed by atoms with E-state index in [9.17, 15) is 0 Å². The van der Waals surface area contributed by atoms with E-state index in [2.05, 4.69) is 19.9 Å². The highest BCUT2D eigenvalue weighted by atomic mass is 35.5. The average Bonchev–Trinajstić information content (AvgIpc) is 3.02. The van der Waals surface area contributed by atoms with Crippen molar-refractivity contribution in [1.82, 2.24) is 24.5 Å². The van der Waals surface area contributed by atoms with Gasteiger partial charge >= 0.3 is 0 Å². The van der Waals surface area contributed by atoms with Gasteiger partial charge in [0.25, 0.3) is 0 Å². The zero-order valence-electron chi connectivity index (χ0n) is 11.0. The van der Waals surface area contributed by atoms with Crippen LogP contribution in [0.1, 0.15) is 0 Å². The van der Waals surface area contributed by atoms with Crippen molar-refractivity contribution in [3.63, 3.8) is 0 Å². The molecule has 0 aliphatic rings. The van der Waals surface area contributed by atoms with Crippen molar-refractivity contribution < 1.29 is 4.74 Å². The molecule has 0 spiro atoms. The lowest BCUT2D eigenvalue weighted by atomic mass is 10.3. The summed E-state index contributed by atoms with van der Waals surface area (Å²) in [6.07, 6.45) is 5.00. The van der Waals surface area contributed by atoms with E-state index in [-0.39, 0.29) is 5.28 Å². The Hall–Kier alpha value is -2.12. The maximum Gasteiger partial charge on any atom is 0.240 e. The highest BCUT2D eigenvalue weighted by molar-refractivity contribution is 7.99. The number of aromatic nitrogens is 5. The van der Waals surface area contributed by atoms with E-state index in [1.54, 1.807) is 30.4 Å². The molecule has 1 aromatic carbocycles. The van der Waals surface area contributed by atoms with E-state index in [1.807, 2.05) is 24.3 Å². The third-order valence-corrected chi connectivity index (χ3v) is 3.62. The fraction of sp³-hybridized carbons (Fsp3) is 0.0769. The normalized spacial score (nSPS) is 10.6. The molecule has 3 aromatic rings. The van der Waals surface area contributed by atoms with Crippen molar-refractivity contribution in [2.24, 2.45) is 0 Å². The van der Waals surface area contributed by atoms with Gasteiger partial charge in [-0.1, -0.05) is 0 Å². The van der Waals surface area contributed by atoms with E-state index < -0.39 is 0 Å². The molecule has 2 heterocycles.